The Morgan fingerprint density at radius 2 is 1.86 bits per heavy atom. The number of carbonyl (C=O) groups excluding carboxylic acids is 2. The molecule has 2 heterocycles. The van der Waals surface area contributed by atoms with Crippen LogP contribution in [0.5, 0.6) is 5.75 Å². The molecule has 0 aliphatic heterocycles. The van der Waals surface area contributed by atoms with Crippen molar-refractivity contribution < 1.29 is 18.9 Å². The van der Waals surface area contributed by atoms with Gasteiger partial charge in [-0.1, -0.05) is 11.6 Å². The Bertz CT molecular complexity index is 1110. The van der Waals surface area contributed by atoms with Crippen molar-refractivity contribution in [1.29, 1.82) is 0 Å². The molecule has 0 radical (unpaired) electrons. The minimum absolute atomic E-state index is 0.0335. The van der Waals surface area contributed by atoms with E-state index in [1.807, 2.05) is 0 Å². The molecular formula is C19H15ClN4O4S. The normalized spacial score (nSPS) is 11.5. The van der Waals surface area contributed by atoms with E-state index in [9.17, 15) is 18.9 Å². The predicted molar refractivity (Wildman–Crippen MR) is 110 cm³/mol. The zero-order valence-electron chi connectivity index (χ0n) is 15.0. The number of nitrogens with zero attached hydrogens (tertiary/aromatic N) is 2. The van der Waals surface area contributed by atoms with Crippen LogP contribution < -0.4 is 10.6 Å². The number of amides is 2. The number of aromatic hydroxyl groups is 1. The first kappa shape index (κ1) is 20.4. The third-order valence-electron chi connectivity index (χ3n) is 3.79. The van der Waals surface area contributed by atoms with E-state index in [1.165, 1.54) is 49.0 Å². The number of nitrogens with one attached hydrogen (secondary N) is 2. The molecule has 8 nitrogen and oxygen atoms in total. The molecule has 1 unspecified atom stereocenters. The largest absolute Gasteiger partial charge is 0.507 e. The zero-order chi connectivity index (χ0) is 21.0. The highest BCUT2D eigenvalue weighted by atomic mass is 35.5. The summed E-state index contributed by atoms with van der Waals surface area (Å²) in [7, 11) is -1.30. The monoisotopic (exact) mass is 430 g/mol. The van der Waals surface area contributed by atoms with Gasteiger partial charge in [-0.2, -0.15) is 0 Å². The number of pyridine rings is 2. The van der Waals surface area contributed by atoms with Crippen LogP contribution in [0.15, 0.2) is 59.8 Å². The SMILES string of the molecule is CS(=O)c1ccc(C(=O)Nc2cccnc2C(=O)Nc2ccc(Cl)cn2)c(O)c1. The number of benzene rings is 1. The van der Waals surface area contributed by atoms with Crippen LogP contribution in [0.25, 0.3) is 0 Å². The molecular weight excluding hydrogens is 416 g/mol. The third-order valence-corrected chi connectivity index (χ3v) is 4.93. The van der Waals surface area contributed by atoms with Gasteiger partial charge in [0.2, 0.25) is 0 Å². The van der Waals surface area contributed by atoms with Crippen LogP contribution in [0, 0.1) is 0 Å². The molecule has 3 N–H and O–H groups in total. The maximum absolute atomic E-state index is 12.6. The predicted octanol–water partition coefficient (Wildman–Crippen LogP) is 3.08. The second kappa shape index (κ2) is 8.80. The fraction of sp³-hybridized carbons (Fsp3) is 0.0526. The number of carbonyl (C=O) groups is 2. The molecule has 0 fully saturated rings. The first-order valence-corrected chi connectivity index (χ1v) is 10.1. The van der Waals surface area contributed by atoms with E-state index >= 15 is 0 Å². The van der Waals surface area contributed by atoms with E-state index < -0.39 is 22.6 Å². The van der Waals surface area contributed by atoms with Crippen LogP contribution in [0.1, 0.15) is 20.8 Å². The quantitative estimate of drug-likeness (QED) is 0.572. The molecule has 0 bridgehead atoms. The van der Waals surface area contributed by atoms with Gasteiger partial charge in [0.25, 0.3) is 11.8 Å². The number of rotatable bonds is 5. The van der Waals surface area contributed by atoms with E-state index in [-0.39, 0.29) is 28.5 Å². The second-order valence-electron chi connectivity index (χ2n) is 5.80. The van der Waals surface area contributed by atoms with E-state index in [4.69, 9.17) is 11.6 Å². The smallest absolute Gasteiger partial charge is 0.277 e. The number of hydrogen-bond donors (Lipinski definition) is 3. The maximum Gasteiger partial charge on any atom is 0.277 e. The van der Waals surface area contributed by atoms with E-state index in [0.29, 0.717) is 9.92 Å². The molecule has 3 rings (SSSR count). The highest BCUT2D eigenvalue weighted by Crippen LogP contribution is 2.23. The van der Waals surface area contributed by atoms with Crippen molar-refractivity contribution in [3.63, 3.8) is 0 Å². The highest BCUT2D eigenvalue weighted by Gasteiger charge is 2.18. The number of phenolic OH excluding ortho intramolecular Hbond substituents is 1. The minimum Gasteiger partial charge on any atom is -0.507 e. The van der Waals surface area contributed by atoms with Crippen LogP contribution in [0.3, 0.4) is 0 Å². The average molecular weight is 431 g/mol. The lowest BCUT2D eigenvalue weighted by molar-refractivity contribution is 0.102. The van der Waals surface area contributed by atoms with Crippen LogP contribution >= 0.6 is 11.6 Å². The summed E-state index contributed by atoms with van der Waals surface area (Å²) in [6, 6.07) is 10.2. The van der Waals surface area contributed by atoms with Gasteiger partial charge in [-0.05, 0) is 42.5 Å². The van der Waals surface area contributed by atoms with Gasteiger partial charge in [0.05, 0.1) is 16.3 Å². The van der Waals surface area contributed by atoms with Gasteiger partial charge in [-0.25, -0.2) is 9.97 Å². The summed E-state index contributed by atoms with van der Waals surface area (Å²) in [5.41, 5.74) is 0.0728. The van der Waals surface area contributed by atoms with E-state index in [0.717, 1.165) is 0 Å². The first-order chi connectivity index (χ1) is 13.8. The lowest BCUT2D eigenvalue weighted by Gasteiger charge is -2.11. The van der Waals surface area contributed by atoms with Gasteiger partial charge in [-0.3, -0.25) is 13.8 Å². The van der Waals surface area contributed by atoms with E-state index in [1.54, 1.807) is 12.1 Å². The maximum atomic E-state index is 12.6. The van der Waals surface area contributed by atoms with Crippen LogP contribution in [0.4, 0.5) is 11.5 Å². The molecule has 148 valence electrons. The molecule has 10 heteroatoms. The van der Waals surface area contributed by atoms with Crippen molar-refractivity contribution in [2.75, 3.05) is 16.9 Å². The lowest BCUT2D eigenvalue weighted by atomic mass is 10.1. The summed E-state index contributed by atoms with van der Waals surface area (Å²) in [4.78, 5) is 33.5. The third kappa shape index (κ3) is 4.95. The molecule has 0 aliphatic rings. The summed E-state index contributed by atoms with van der Waals surface area (Å²) < 4.78 is 11.5. The van der Waals surface area contributed by atoms with Crippen LogP contribution in [-0.4, -0.2) is 37.4 Å². The van der Waals surface area contributed by atoms with Crippen LogP contribution in [-0.2, 0) is 10.8 Å². The molecule has 0 saturated carbocycles. The molecule has 0 aliphatic carbocycles. The van der Waals surface area contributed by atoms with Crippen molar-refractivity contribution >= 4 is 45.7 Å². The molecule has 1 atom stereocenters. The van der Waals surface area contributed by atoms with Gasteiger partial charge in [0, 0.05) is 34.3 Å². The minimum atomic E-state index is -1.30. The van der Waals surface area contributed by atoms with Crippen molar-refractivity contribution in [3.8, 4) is 5.75 Å². The molecule has 29 heavy (non-hydrogen) atoms. The number of anilines is 2. The fourth-order valence-electron chi connectivity index (χ4n) is 2.38. The fourth-order valence-corrected chi connectivity index (χ4v) is 3.03. The molecule has 3 aromatic rings. The number of halogens is 1. The molecule has 0 saturated heterocycles. The summed E-state index contributed by atoms with van der Waals surface area (Å²) in [6.45, 7) is 0. The zero-order valence-corrected chi connectivity index (χ0v) is 16.6. The Hall–Kier alpha value is -3.30. The summed E-state index contributed by atoms with van der Waals surface area (Å²) in [5, 5.41) is 15.6. The summed E-state index contributed by atoms with van der Waals surface area (Å²) in [6.07, 6.45) is 4.25. The standard InChI is InChI=1S/C19H15ClN4O4S/c1-29(28)12-5-6-13(15(25)9-12)18(26)23-14-3-2-8-21-17(14)19(27)24-16-7-4-11(20)10-22-16/h2-10,25H,1H3,(H,23,26)(H,22,24,27). The van der Waals surface area contributed by atoms with Gasteiger partial charge in [-0.15, -0.1) is 0 Å². The van der Waals surface area contributed by atoms with Gasteiger partial charge in [0.1, 0.15) is 11.6 Å². The average Bonchev–Trinajstić information content (AvgIpc) is 2.69. The summed E-state index contributed by atoms with van der Waals surface area (Å²) in [5.74, 6) is -1.29. The van der Waals surface area contributed by atoms with Crippen molar-refractivity contribution in [1.82, 2.24) is 9.97 Å². The van der Waals surface area contributed by atoms with Gasteiger partial charge < -0.3 is 15.7 Å². The highest BCUT2D eigenvalue weighted by molar-refractivity contribution is 7.84. The second-order valence-corrected chi connectivity index (χ2v) is 7.62. The molecule has 0 spiro atoms. The number of aromatic nitrogens is 2. The summed E-state index contributed by atoms with van der Waals surface area (Å²) >= 11 is 5.77. The van der Waals surface area contributed by atoms with Gasteiger partial charge in [0.15, 0.2) is 5.69 Å². The Morgan fingerprint density at radius 3 is 2.52 bits per heavy atom. The Balaban J connectivity index is 1.81. The number of phenols is 1. The first-order valence-electron chi connectivity index (χ1n) is 8.21. The van der Waals surface area contributed by atoms with Crippen molar-refractivity contribution in [2.45, 2.75) is 4.90 Å². The molecule has 2 amide bonds. The van der Waals surface area contributed by atoms with E-state index in [2.05, 4.69) is 20.6 Å². The lowest BCUT2D eigenvalue weighted by Crippen LogP contribution is -2.20. The Morgan fingerprint density at radius 1 is 1.07 bits per heavy atom. The van der Waals surface area contributed by atoms with Crippen LogP contribution in [0.2, 0.25) is 5.02 Å². The topological polar surface area (TPSA) is 121 Å². The van der Waals surface area contributed by atoms with Crippen molar-refractivity contribution in [2.24, 2.45) is 0 Å². The van der Waals surface area contributed by atoms with Gasteiger partial charge >= 0.3 is 0 Å². The van der Waals surface area contributed by atoms with Crippen molar-refractivity contribution in [3.05, 3.63) is 71.1 Å². The Labute approximate surface area is 173 Å². The molecule has 2 aromatic heterocycles. The molecule has 1 aromatic carbocycles. The Kier molecular flexibility index (Phi) is 6.20. The number of hydrogen-bond acceptors (Lipinski definition) is 6.